The number of hydrazine groups is 2. The maximum atomic E-state index is 11.4. The van der Waals surface area contributed by atoms with Gasteiger partial charge in [0, 0.05) is 104 Å². The summed E-state index contributed by atoms with van der Waals surface area (Å²) in [5.74, 6) is 13.0. The van der Waals surface area contributed by atoms with E-state index in [0.717, 1.165) is 118 Å². The lowest BCUT2D eigenvalue weighted by Crippen LogP contribution is -2.48. The van der Waals surface area contributed by atoms with Crippen LogP contribution in [0.25, 0.3) is 0 Å². The largest absolute Gasteiger partial charge is 0.469 e. The minimum atomic E-state index is -0.204. The fourth-order valence-corrected chi connectivity index (χ4v) is 8.31. The molecule has 2 aliphatic rings. The normalized spacial score (nSPS) is 13.3. The summed E-state index contributed by atoms with van der Waals surface area (Å²) in [4.78, 5) is 67.5. The van der Waals surface area contributed by atoms with Gasteiger partial charge in [-0.15, -0.1) is 22.7 Å². The SMILES string of the molecule is CC(=O)N1CCN(c2ccc(CCc3ccc(CC(=O)NN)s3)nc2)CC1.CO.COC(=O)Cc1ccc(CCc2ccc(N3CCN(C(C)=O)CC3)cn2)s1.NN.O. The number of nitrogens with zero attached hydrogens (tertiary/aromatic N) is 6. The molecular weight excluding hydrogens is 797 g/mol. The van der Waals surface area contributed by atoms with Gasteiger partial charge in [-0.3, -0.25) is 46.3 Å². The zero-order valence-corrected chi connectivity index (χ0v) is 36.0. The van der Waals surface area contributed by atoms with E-state index in [0.29, 0.717) is 12.8 Å². The Morgan fingerprint density at radius 3 is 1.37 bits per heavy atom. The zero-order chi connectivity index (χ0) is 42.5. The lowest BCUT2D eigenvalue weighted by Gasteiger charge is -2.35. The first-order chi connectivity index (χ1) is 28.1. The number of ether oxygens (including phenoxy) is 1. The van der Waals surface area contributed by atoms with E-state index >= 15 is 0 Å². The molecule has 0 unspecified atom stereocenters. The van der Waals surface area contributed by atoms with E-state index in [9.17, 15) is 19.2 Å². The third-order valence-electron chi connectivity index (χ3n) is 9.53. The summed E-state index contributed by atoms with van der Waals surface area (Å²) < 4.78 is 4.71. The number of aliphatic hydroxyl groups is 1. The van der Waals surface area contributed by atoms with Gasteiger partial charge in [0.2, 0.25) is 17.7 Å². The van der Waals surface area contributed by atoms with Gasteiger partial charge >= 0.3 is 5.97 Å². The second-order valence-corrected chi connectivity index (χ2v) is 15.7. The van der Waals surface area contributed by atoms with Crippen molar-refractivity contribution in [1.82, 2.24) is 25.2 Å². The molecule has 0 atom stereocenters. The van der Waals surface area contributed by atoms with Gasteiger partial charge in [0.1, 0.15) is 0 Å². The number of aryl methyl sites for hydroxylation is 4. The van der Waals surface area contributed by atoms with Crippen LogP contribution in [0.3, 0.4) is 0 Å². The summed E-state index contributed by atoms with van der Waals surface area (Å²) in [6, 6.07) is 16.5. The molecule has 59 heavy (non-hydrogen) atoms. The molecule has 2 fully saturated rings. The molecule has 6 heterocycles. The number of thiophene rings is 2. The number of rotatable bonds is 12. The van der Waals surface area contributed by atoms with Crippen molar-refractivity contribution in [2.24, 2.45) is 17.5 Å². The van der Waals surface area contributed by atoms with Crippen LogP contribution >= 0.6 is 22.7 Å². The van der Waals surface area contributed by atoms with Crippen LogP contribution in [0.2, 0.25) is 0 Å². The van der Waals surface area contributed by atoms with E-state index in [-0.39, 0.29) is 29.2 Å². The Balaban J connectivity index is 0.000000370. The Kier molecular flexibility index (Phi) is 22.8. The highest BCUT2D eigenvalue weighted by atomic mass is 32.1. The van der Waals surface area contributed by atoms with Gasteiger partial charge < -0.3 is 34.9 Å². The van der Waals surface area contributed by atoms with E-state index in [4.69, 9.17) is 15.7 Å². The highest BCUT2D eigenvalue weighted by Gasteiger charge is 2.20. The molecular formula is C40H60N10O7S2. The fraction of sp³-hybridized carbons (Fsp3) is 0.450. The van der Waals surface area contributed by atoms with Gasteiger partial charge in [-0.05, 0) is 74.2 Å². The molecule has 6 rings (SSSR count). The number of piperazine rings is 2. The average Bonchev–Trinajstić information content (AvgIpc) is 3.93. The van der Waals surface area contributed by atoms with Crippen molar-refractivity contribution in [3.8, 4) is 0 Å². The first-order valence-corrected chi connectivity index (χ1v) is 20.6. The lowest BCUT2D eigenvalue weighted by atomic mass is 10.2. The summed E-state index contributed by atoms with van der Waals surface area (Å²) in [6.45, 7) is 9.68. The Labute approximate surface area is 354 Å². The smallest absolute Gasteiger partial charge is 0.310 e. The maximum Gasteiger partial charge on any atom is 0.310 e. The zero-order valence-electron chi connectivity index (χ0n) is 34.4. The Morgan fingerprint density at radius 1 is 0.644 bits per heavy atom. The molecule has 3 amide bonds. The van der Waals surface area contributed by atoms with Gasteiger partial charge in [0.25, 0.3) is 0 Å². The second kappa shape index (κ2) is 26.9. The summed E-state index contributed by atoms with van der Waals surface area (Å²) in [5, 5.41) is 7.00. The first kappa shape index (κ1) is 50.1. The van der Waals surface area contributed by atoms with Crippen LogP contribution in [-0.2, 0) is 62.4 Å². The molecule has 19 heteroatoms. The number of pyridine rings is 2. The van der Waals surface area contributed by atoms with Crippen molar-refractivity contribution >= 4 is 57.7 Å². The number of nitrogens with two attached hydrogens (primary N) is 3. The Hall–Kier alpha value is -5.02. The third kappa shape index (κ3) is 16.6. The number of carbonyl (C=O) groups excluding carboxylic acids is 4. The van der Waals surface area contributed by atoms with Crippen LogP contribution in [0.15, 0.2) is 60.9 Å². The Bertz CT molecular complexity index is 1710. The number of esters is 1. The van der Waals surface area contributed by atoms with E-state index in [1.54, 1.807) is 36.5 Å². The van der Waals surface area contributed by atoms with E-state index < -0.39 is 0 Å². The highest BCUT2D eigenvalue weighted by molar-refractivity contribution is 7.12. The molecule has 4 aromatic heterocycles. The number of anilines is 2. The quantitative estimate of drug-likeness (QED) is 0.0579. The highest BCUT2D eigenvalue weighted by Crippen LogP contribution is 2.22. The van der Waals surface area contributed by atoms with Gasteiger partial charge in [0.15, 0.2) is 0 Å². The van der Waals surface area contributed by atoms with E-state index in [1.165, 1.54) is 16.9 Å². The molecule has 0 saturated carbocycles. The number of nitrogens with one attached hydrogen (secondary N) is 1. The van der Waals surface area contributed by atoms with Gasteiger partial charge in [-0.25, -0.2) is 5.84 Å². The van der Waals surface area contributed by atoms with Gasteiger partial charge in [-0.2, -0.15) is 0 Å². The molecule has 0 spiro atoms. The molecule has 2 saturated heterocycles. The summed E-state index contributed by atoms with van der Waals surface area (Å²) >= 11 is 3.29. The molecule has 0 bridgehead atoms. The molecule has 324 valence electrons. The standard InChI is InChI=1S/C20H25N3O3S.C19H25N5O2S.CH4O.H4N2.H2O/c1-15(24)22-9-11-23(12-10-22)17-5-3-16(21-14-17)4-6-18-7-8-19(27-18)13-20(25)26-2;1-14(25)23-8-10-24(11-9-23)16-4-2-15(21-13-16)3-5-17-6-7-18(27-17)12-19(26)22-20;2*1-2;/h3,5,7-8,14H,4,6,9-13H2,1-2H3;2,4,6-7,13H,3,5,8-12,20H2,1H3,(H,22,26);2H,1H3;1-2H2;1H2. The fourth-order valence-electron chi connectivity index (χ4n) is 6.29. The molecule has 0 aliphatic carbocycles. The molecule has 17 nitrogen and oxygen atoms in total. The molecule has 2 aliphatic heterocycles. The van der Waals surface area contributed by atoms with Crippen LogP contribution in [-0.4, -0.2) is 121 Å². The van der Waals surface area contributed by atoms with Crippen molar-refractivity contribution in [2.45, 2.75) is 52.4 Å². The van der Waals surface area contributed by atoms with Crippen molar-refractivity contribution < 1.29 is 34.5 Å². The topological polar surface area (TPSA) is 258 Å². The monoisotopic (exact) mass is 856 g/mol. The minimum absolute atomic E-state index is 0. The van der Waals surface area contributed by atoms with Crippen LogP contribution in [0.1, 0.15) is 44.7 Å². The molecule has 10 N–H and O–H groups in total. The maximum absolute atomic E-state index is 11.4. The van der Waals surface area contributed by atoms with Crippen molar-refractivity contribution in [3.05, 3.63) is 91.8 Å². The molecule has 0 radical (unpaired) electrons. The number of aromatic nitrogens is 2. The summed E-state index contributed by atoms with van der Waals surface area (Å²) in [5.41, 5.74) is 6.48. The van der Waals surface area contributed by atoms with E-state index in [2.05, 4.69) is 73.3 Å². The third-order valence-corrected chi connectivity index (χ3v) is 11.8. The van der Waals surface area contributed by atoms with Gasteiger partial charge in [-0.1, -0.05) is 0 Å². The number of aliphatic hydroxyl groups excluding tert-OH is 1. The van der Waals surface area contributed by atoms with Crippen LogP contribution in [0.5, 0.6) is 0 Å². The minimum Gasteiger partial charge on any atom is -0.469 e. The second-order valence-electron chi connectivity index (χ2n) is 13.2. The summed E-state index contributed by atoms with van der Waals surface area (Å²) in [6.07, 6.45) is 8.06. The Morgan fingerprint density at radius 2 is 1.03 bits per heavy atom. The van der Waals surface area contributed by atoms with Crippen molar-refractivity contribution in [3.63, 3.8) is 0 Å². The number of methoxy groups -OCH3 is 1. The number of amides is 3. The van der Waals surface area contributed by atoms with Gasteiger partial charge in [0.05, 0.1) is 43.7 Å². The average molecular weight is 857 g/mol. The van der Waals surface area contributed by atoms with Crippen molar-refractivity contribution in [1.29, 1.82) is 0 Å². The van der Waals surface area contributed by atoms with E-state index in [1.807, 2.05) is 34.3 Å². The van der Waals surface area contributed by atoms with Crippen LogP contribution in [0.4, 0.5) is 11.4 Å². The first-order valence-electron chi connectivity index (χ1n) is 19.0. The summed E-state index contributed by atoms with van der Waals surface area (Å²) in [7, 11) is 2.41. The number of hydrogen-bond donors (Lipinski definition) is 5. The number of carbonyl (C=O) groups is 4. The number of hydrogen-bond acceptors (Lipinski definition) is 15. The predicted molar refractivity (Wildman–Crippen MR) is 233 cm³/mol. The lowest BCUT2D eigenvalue weighted by molar-refractivity contribution is -0.139. The molecule has 0 aromatic carbocycles. The van der Waals surface area contributed by atoms with Crippen LogP contribution < -0.4 is 32.8 Å². The van der Waals surface area contributed by atoms with Crippen LogP contribution in [0, 0.1) is 0 Å². The molecule has 4 aromatic rings. The predicted octanol–water partition coefficient (Wildman–Crippen LogP) is 1.04. The van der Waals surface area contributed by atoms with Crippen molar-refractivity contribution in [2.75, 3.05) is 76.4 Å².